The quantitative estimate of drug-likeness (QED) is 0.844. The second kappa shape index (κ2) is 7.78. The summed E-state index contributed by atoms with van der Waals surface area (Å²) in [7, 11) is 0. The number of likely N-dealkylation sites (tertiary alicyclic amines) is 1. The first-order valence-corrected chi connectivity index (χ1v) is 9.55. The van der Waals surface area contributed by atoms with E-state index in [2.05, 4.69) is 5.32 Å². The Morgan fingerprint density at radius 3 is 2.77 bits per heavy atom. The van der Waals surface area contributed by atoms with Gasteiger partial charge in [0.15, 0.2) is 0 Å². The number of rotatable bonds is 3. The largest absolute Gasteiger partial charge is 0.337 e. The number of nitrogens with two attached hydrogens (primary N) is 1. The molecule has 1 aromatic carbocycles. The Kier molecular flexibility index (Phi) is 5.65. The van der Waals surface area contributed by atoms with Crippen LogP contribution in [0.2, 0.25) is 0 Å². The first-order chi connectivity index (χ1) is 12.1. The molecule has 2 amide bonds. The highest BCUT2D eigenvalue weighted by Gasteiger charge is 2.27. The zero-order valence-electron chi connectivity index (χ0n) is 14.4. The van der Waals surface area contributed by atoms with Gasteiger partial charge in [0.1, 0.15) is 5.00 Å². The molecule has 4 rings (SSSR count). The number of fused-ring (bicyclic) bond motifs is 1. The molecule has 138 valence electrons. The van der Waals surface area contributed by atoms with Crippen LogP contribution in [0.25, 0.3) is 0 Å². The van der Waals surface area contributed by atoms with E-state index in [0.717, 1.165) is 25.7 Å². The molecule has 0 unspecified atom stereocenters. The number of aryl methyl sites for hydroxylation is 2. The first-order valence-electron chi connectivity index (χ1n) is 8.67. The maximum Gasteiger partial charge on any atom is 0.256 e. The lowest BCUT2D eigenvalue weighted by molar-refractivity contribution is 0.0792. The third kappa shape index (κ3) is 3.63. The molecule has 7 heteroatoms. The smallest absolute Gasteiger partial charge is 0.256 e. The van der Waals surface area contributed by atoms with Gasteiger partial charge >= 0.3 is 0 Å². The van der Waals surface area contributed by atoms with Gasteiger partial charge in [-0.25, -0.2) is 0 Å². The predicted molar refractivity (Wildman–Crippen MR) is 106 cm³/mol. The third-order valence-corrected chi connectivity index (χ3v) is 5.83. The van der Waals surface area contributed by atoms with E-state index in [-0.39, 0.29) is 30.3 Å². The molecule has 1 aliphatic carbocycles. The molecule has 0 bridgehead atoms. The molecule has 1 aromatic heterocycles. The lowest BCUT2D eigenvalue weighted by atomic mass is 10.1. The summed E-state index contributed by atoms with van der Waals surface area (Å²) < 4.78 is 0. The van der Waals surface area contributed by atoms with Crippen LogP contribution in [0.3, 0.4) is 0 Å². The van der Waals surface area contributed by atoms with Crippen molar-refractivity contribution in [2.75, 3.05) is 18.4 Å². The Bertz CT molecular complexity index is 836. The van der Waals surface area contributed by atoms with Gasteiger partial charge in [0.2, 0.25) is 0 Å². The summed E-state index contributed by atoms with van der Waals surface area (Å²) in [5, 5.41) is 5.36. The van der Waals surface area contributed by atoms with E-state index in [1.165, 1.54) is 22.5 Å². The zero-order valence-corrected chi connectivity index (χ0v) is 16.0. The average molecular weight is 392 g/mol. The van der Waals surface area contributed by atoms with Gasteiger partial charge in [-0.15, -0.1) is 23.7 Å². The summed E-state index contributed by atoms with van der Waals surface area (Å²) in [6.45, 7) is 1.25. The van der Waals surface area contributed by atoms with Crippen molar-refractivity contribution in [2.45, 2.75) is 31.7 Å². The first kappa shape index (κ1) is 18.9. The van der Waals surface area contributed by atoms with Gasteiger partial charge in [0.25, 0.3) is 11.8 Å². The van der Waals surface area contributed by atoms with Gasteiger partial charge in [-0.3, -0.25) is 9.59 Å². The number of hydrogen-bond acceptors (Lipinski definition) is 4. The maximum absolute atomic E-state index is 12.7. The highest BCUT2D eigenvalue weighted by molar-refractivity contribution is 7.14. The van der Waals surface area contributed by atoms with E-state index >= 15 is 0 Å². The topological polar surface area (TPSA) is 75.4 Å². The lowest BCUT2D eigenvalue weighted by Gasteiger charge is -2.16. The van der Waals surface area contributed by atoms with E-state index in [4.69, 9.17) is 5.73 Å². The zero-order chi connectivity index (χ0) is 17.4. The van der Waals surface area contributed by atoms with E-state index < -0.39 is 0 Å². The number of anilines is 1. The van der Waals surface area contributed by atoms with E-state index in [1.54, 1.807) is 11.0 Å². The van der Waals surface area contributed by atoms with Crippen molar-refractivity contribution in [3.05, 3.63) is 51.9 Å². The third-order valence-electron chi connectivity index (χ3n) is 5.00. The second-order valence-electron chi connectivity index (χ2n) is 6.75. The summed E-state index contributed by atoms with van der Waals surface area (Å²) in [5.41, 5.74) is 9.70. The fourth-order valence-corrected chi connectivity index (χ4v) is 4.38. The molecule has 0 radical (unpaired) electrons. The number of halogens is 1. The van der Waals surface area contributed by atoms with Crippen molar-refractivity contribution >= 4 is 40.6 Å². The van der Waals surface area contributed by atoms with Crippen molar-refractivity contribution in [3.8, 4) is 0 Å². The molecular weight excluding hydrogens is 370 g/mol. The number of carbonyl (C=O) groups is 2. The van der Waals surface area contributed by atoms with Crippen LogP contribution in [0.4, 0.5) is 5.00 Å². The number of amides is 2. The number of benzene rings is 1. The molecular formula is C19H22ClN3O2S. The minimum Gasteiger partial charge on any atom is -0.337 e. The second-order valence-corrected chi connectivity index (χ2v) is 7.67. The van der Waals surface area contributed by atoms with Gasteiger partial charge in [-0.1, -0.05) is 6.07 Å². The molecule has 0 saturated carbocycles. The van der Waals surface area contributed by atoms with Crippen LogP contribution in [0.1, 0.15) is 44.7 Å². The van der Waals surface area contributed by atoms with E-state index in [0.29, 0.717) is 29.2 Å². The summed E-state index contributed by atoms with van der Waals surface area (Å²) in [4.78, 5) is 27.0. The number of hydrogen-bond donors (Lipinski definition) is 2. The van der Waals surface area contributed by atoms with Gasteiger partial charge in [0, 0.05) is 24.7 Å². The summed E-state index contributed by atoms with van der Waals surface area (Å²) >= 11 is 1.38. The summed E-state index contributed by atoms with van der Waals surface area (Å²) in [5.74, 6) is -0.220. The molecule has 0 spiro atoms. The molecule has 1 fully saturated rings. The Morgan fingerprint density at radius 1 is 1.19 bits per heavy atom. The SMILES string of the molecule is Cl.N[C@@H]1CCN(C(=O)c2ccsc2NC(=O)c2ccc3c(c2)CCC3)C1. The maximum atomic E-state index is 12.7. The van der Waals surface area contributed by atoms with Crippen molar-refractivity contribution < 1.29 is 9.59 Å². The molecule has 2 aromatic rings. The van der Waals surface area contributed by atoms with Gasteiger partial charge in [0.05, 0.1) is 5.56 Å². The molecule has 1 atom stereocenters. The Morgan fingerprint density at radius 2 is 2.00 bits per heavy atom. The average Bonchev–Trinajstić information content (AvgIpc) is 3.33. The van der Waals surface area contributed by atoms with E-state index in [1.807, 2.05) is 23.6 Å². The van der Waals surface area contributed by atoms with Crippen LogP contribution >= 0.6 is 23.7 Å². The number of carbonyl (C=O) groups excluding carboxylic acids is 2. The lowest BCUT2D eigenvalue weighted by Crippen LogP contribution is -2.32. The van der Waals surface area contributed by atoms with Crippen LogP contribution < -0.4 is 11.1 Å². The van der Waals surface area contributed by atoms with Crippen molar-refractivity contribution in [2.24, 2.45) is 5.73 Å². The molecule has 26 heavy (non-hydrogen) atoms. The fourth-order valence-electron chi connectivity index (χ4n) is 3.60. The van der Waals surface area contributed by atoms with Crippen LogP contribution in [0.15, 0.2) is 29.6 Å². The minimum absolute atomic E-state index is 0. The van der Waals surface area contributed by atoms with Gasteiger partial charge in [-0.05, 0) is 60.4 Å². The molecule has 2 heterocycles. The predicted octanol–water partition coefficient (Wildman–Crippen LogP) is 3.08. The minimum atomic E-state index is -0.163. The highest BCUT2D eigenvalue weighted by atomic mass is 35.5. The standard InChI is InChI=1S/C19H21N3O2S.ClH/c20-15-6-8-22(11-15)19(24)16-7-9-25-18(16)21-17(23)14-5-4-12-2-1-3-13(12)10-14;/h4-5,7,9-10,15H,1-3,6,8,11,20H2,(H,21,23);1H/t15-;/m1./s1. The molecule has 2 aliphatic rings. The monoisotopic (exact) mass is 391 g/mol. The highest BCUT2D eigenvalue weighted by Crippen LogP contribution is 2.28. The number of thiophene rings is 1. The molecule has 5 nitrogen and oxygen atoms in total. The molecule has 3 N–H and O–H groups in total. The molecule has 1 aliphatic heterocycles. The Balaban J connectivity index is 0.00000196. The molecule has 1 saturated heterocycles. The van der Waals surface area contributed by atoms with Crippen molar-refractivity contribution in [1.29, 1.82) is 0 Å². The summed E-state index contributed by atoms with van der Waals surface area (Å²) in [6.07, 6.45) is 4.11. The van der Waals surface area contributed by atoms with Crippen molar-refractivity contribution in [1.82, 2.24) is 4.90 Å². The number of nitrogens with one attached hydrogen (secondary N) is 1. The number of nitrogens with zero attached hydrogens (tertiary/aromatic N) is 1. The van der Waals surface area contributed by atoms with Crippen LogP contribution in [0, 0.1) is 0 Å². The van der Waals surface area contributed by atoms with Gasteiger partial charge < -0.3 is 16.0 Å². The van der Waals surface area contributed by atoms with Crippen LogP contribution in [-0.2, 0) is 12.8 Å². The van der Waals surface area contributed by atoms with Crippen LogP contribution in [0.5, 0.6) is 0 Å². The van der Waals surface area contributed by atoms with Crippen LogP contribution in [-0.4, -0.2) is 35.8 Å². The summed E-state index contributed by atoms with van der Waals surface area (Å²) in [6, 6.07) is 7.71. The fraction of sp³-hybridized carbons (Fsp3) is 0.368. The van der Waals surface area contributed by atoms with E-state index in [9.17, 15) is 9.59 Å². The Hall–Kier alpha value is -1.89. The Labute approximate surface area is 163 Å². The normalized spacial score (nSPS) is 18.3. The van der Waals surface area contributed by atoms with Crippen molar-refractivity contribution in [3.63, 3.8) is 0 Å². The van der Waals surface area contributed by atoms with Gasteiger partial charge in [-0.2, -0.15) is 0 Å².